The number of carbonyl (C=O) groups is 2. The van der Waals surface area contributed by atoms with Gasteiger partial charge in [-0.2, -0.15) is 0 Å². The van der Waals surface area contributed by atoms with E-state index in [1.54, 1.807) is 11.9 Å². The van der Waals surface area contributed by atoms with E-state index in [0.29, 0.717) is 31.2 Å². The first kappa shape index (κ1) is 24.7. The van der Waals surface area contributed by atoms with Crippen molar-refractivity contribution < 1.29 is 9.59 Å². The maximum absolute atomic E-state index is 12.6. The zero-order valence-corrected chi connectivity index (χ0v) is 19.4. The highest BCUT2D eigenvalue weighted by atomic mass is 16.2. The number of aliphatic imine (C=N–C) groups is 1. The number of carbonyl (C=O) groups excluding carboxylic acids is 2. The maximum Gasteiger partial charge on any atom is 0.254 e. The molecule has 8 heteroatoms. The Morgan fingerprint density at radius 3 is 2.58 bits per heavy atom. The number of piperazine rings is 1. The molecule has 0 saturated carbocycles. The highest BCUT2D eigenvalue weighted by Gasteiger charge is 2.22. The number of hydrogen-bond acceptors (Lipinski definition) is 4. The summed E-state index contributed by atoms with van der Waals surface area (Å²) in [5, 5.41) is 9.52. The molecule has 172 valence electrons. The van der Waals surface area contributed by atoms with Crippen LogP contribution >= 0.6 is 0 Å². The number of nitrogens with zero attached hydrogens (tertiary/aromatic N) is 3. The monoisotopic (exact) mass is 430 g/mol. The average molecular weight is 431 g/mol. The Hall–Kier alpha value is -2.61. The van der Waals surface area contributed by atoms with Gasteiger partial charge in [-0.3, -0.25) is 14.6 Å². The first-order valence-electron chi connectivity index (χ1n) is 11.3. The molecule has 0 aliphatic carbocycles. The van der Waals surface area contributed by atoms with Crippen LogP contribution in [-0.4, -0.2) is 79.9 Å². The lowest BCUT2D eigenvalue weighted by atomic mass is 10.1. The van der Waals surface area contributed by atoms with Crippen molar-refractivity contribution in [3.05, 3.63) is 35.4 Å². The van der Waals surface area contributed by atoms with Gasteiger partial charge in [-0.15, -0.1) is 0 Å². The number of nitrogens with one attached hydrogen (secondary N) is 3. The molecule has 0 radical (unpaired) electrons. The topological polar surface area (TPSA) is 89.1 Å². The first-order chi connectivity index (χ1) is 15.0. The van der Waals surface area contributed by atoms with Crippen LogP contribution < -0.4 is 16.0 Å². The number of rotatable bonds is 10. The van der Waals surface area contributed by atoms with Gasteiger partial charge in [0.1, 0.15) is 0 Å². The Labute approximate surface area is 186 Å². The zero-order chi connectivity index (χ0) is 22.6. The van der Waals surface area contributed by atoms with Crippen LogP contribution in [0.2, 0.25) is 0 Å². The molecule has 1 unspecified atom stereocenters. The molecule has 2 amide bonds. The van der Waals surface area contributed by atoms with Crippen LogP contribution in [0.15, 0.2) is 29.3 Å². The van der Waals surface area contributed by atoms with Gasteiger partial charge in [0.05, 0.1) is 6.54 Å². The highest BCUT2D eigenvalue weighted by molar-refractivity contribution is 5.97. The fraction of sp³-hybridized carbons (Fsp3) is 0.609. The van der Waals surface area contributed by atoms with Crippen LogP contribution in [0.4, 0.5) is 0 Å². The molecule has 0 bridgehead atoms. The summed E-state index contributed by atoms with van der Waals surface area (Å²) >= 11 is 0. The van der Waals surface area contributed by atoms with Crippen LogP contribution in [-0.2, 0) is 11.3 Å². The summed E-state index contributed by atoms with van der Waals surface area (Å²) in [6.45, 7) is 11.7. The predicted octanol–water partition coefficient (Wildman–Crippen LogP) is 1.43. The minimum absolute atomic E-state index is 0.106. The SMILES string of the molecule is CCN(CC)CCCC(C)NC(=NC)NCc1ccc(C(=O)N2CCNC(=O)C2)cc1. The summed E-state index contributed by atoms with van der Waals surface area (Å²) < 4.78 is 0. The van der Waals surface area contributed by atoms with E-state index in [9.17, 15) is 9.59 Å². The van der Waals surface area contributed by atoms with Crippen LogP contribution in [0.25, 0.3) is 0 Å². The molecule has 1 fully saturated rings. The van der Waals surface area contributed by atoms with Crippen LogP contribution in [0.1, 0.15) is 49.5 Å². The Morgan fingerprint density at radius 1 is 1.26 bits per heavy atom. The molecular formula is C23H38N6O2. The van der Waals surface area contributed by atoms with Crippen molar-refractivity contribution in [2.45, 2.75) is 46.2 Å². The molecule has 1 aromatic carbocycles. The van der Waals surface area contributed by atoms with E-state index in [1.165, 1.54) is 0 Å². The third-order valence-corrected chi connectivity index (χ3v) is 5.60. The van der Waals surface area contributed by atoms with E-state index in [1.807, 2.05) is 24.3 Å². The van der Waals surface area contributed by atoms with Crippen LogP contribution in [0, 0.1) is 0 Å². The van der Waals surface area contributed by atoms with Gasteiger partial charge < -0.3 is 25.8 Å². The quantitative estimate of drug-likeness (QED) is 0.386. The molecule has 1 heterocycles. The lowest BCUT2D eigenvalue weighted by molar-refractivity contribution is -0.123. The molecule has 2 rings (SSSR count). The Balaban J connectivity index is 1.77. The van der Waals surface area contributed by atoms with E-state index in [4.69, 9.17) is 0 Å². The maximum atomic E-state index is 12.6. The highest BCUT2D eigenvalue weighted by Crippen LogP contribution is 2.09. The predicted molar refractivity (Wildman–Crippen MR) is 125 cm³/mol. The van der Waals surface area contributed by atoms with Crippen molar-refractivity contribution >= 4 is 17.8 Å². The van der Waals surface area contributed by atoms with Crippen molar-refractivity contribution in [1.29, 1.82) is 0 Å². The number of hydrogen-bond donors (Lipinski definition) is 3. The van der Waals surface area contributed by atoms with Crippen LogP contribution in [0.3, 0.4) is 0 Å². The van der Waals surface area contributed by atoms with Gasteiger partial charge >= 0.3 is 0 Å². The van der Waals surface area contributed by atoms with Crippen LogP contribution in [0.5, 0.6) is 0 Å². The van der Waals surface area contributed by atoms with E-state index in [2.05, 4.69) is 46.6 Å². The van der Waals surface area contributed by atoms with Gasteiger partial charge in [-0.25, -0.2) is 0 Å². The Bertz CT molecular complexity index is 730. The lowest BCUT2D eigenvalue weighted by Gasteiger charge is -2.26. The first-order valence-corrected chi connectivity index (χ1v) is 11.3. The molecule has 1 saturated heterocycles. The number of amides is 2. The van der Waals surface area contributed by atoms with Crippen molar-refractivity contribution in [2.24, 2.45) is 4.99 Å². The standard InChI is InChI=1S/C23H38N6O2/c1-5-28(6-2)14-7-8-18(3)27-23(24-4)26-16-19-9-11-20(12-10-19)22(31)29-15-13-25-21(30)17-29/h9-12,18H,5-8,13-17H2,1-4H3,(H,25,30)(H2,24,26,27). The van der Waals surface area contributed by atoms with Gasteiger partial charge in [-0.05, 0) is 57.1 Å². The van der Waals surface area contributed by atoms with Gasteiger partial charge in [0.2, 0.25) is 5.91 Å². The van der Waals surface area contributed by atoms with Crippen molar-refractivity contribution in [3.8, 4) is 0 Å². The van der Waals surface area contributed by atoms with Crippen molar-refractivity contribution in [1.82, 2.24) is 25.8 Å². The Morgan fingerprint density at radius 2 is 1.97 bits per heavy atom. The molecule has 31 heavy (non-hydrogen) atoms. The minimum Gasteiger partial charge on any atom is -0.354 e. The van der Waals surface area contributed by atoms with E-state index in [0.717, 1.165) is 44.0 Å². The van der Waals surface area contributed by atoms with E-state index in [-0.39, 0.29) is 18.4 Å². The second-order valence-corrected chi connectivity index (χ2v) is 7.91. The van der Waals surface area contributed by atoms with E-state index >= 15 is 0 Å². The van der Waals surface area contributed by atoms with Gasteiger partial charge in [0.25, 0.3) is 5.91 Å². The molecule has 3 N–H and O–H groups in total. The summed E-state index contributed by atoms with van der Waals surface area (Å²) in [7, 11) is 1.77. The molecule has 1 aromatic rings. The second-order valence-electron chi connectivity index (χ2n) is 7.91. The molecule has 0 aromatic heterocycles. The normalized spacial score (nSPS) is 15.6. The third-order valence-electron chi connectivity index (χ3n) is 5.60. The van der Waals surface area contributed by atoms with E-state index < -0.39 is 0 Å². The largest absolute Gasteiger partial charge is 0.354 e. The molecule has 0 spiro atoms. The summed E-state index contributed by atoms with van der Waals surface area (Å²) in [6.07, 6.45) is 2.24. The van der Waals surface area contributed by atoms with Gasteiger partial charge in [0.15, 0.2) is 5.96 Å². The summed E-state index contributed by atoms with van der Waals surface area (Å²) in [5.74, 6) is 0.557. The zero-order valence-electron chi connectivity index (χ0n) is 19.4. The average Bonchev–Trinajstić information content (AvgIpc) is 2.79. The van der Waals surface area contributed by atoms with Crippen molar-refractivity contribution in [3.63, 3.8) is 0 Å². The third kappa shape index (κ3) is 8.20. The molecule has 1 aliphatic rings. The minimum atomic E-state index is -0.110. The summed E-state index contributed by atoms with van der Waals surface area (Å²) in [5.41, 5.74) is 1.66. The van der Waals surface area contributed by atoms with Crippen molar-refractivity contribution in [2.75, 3.05) is 46.3 Å². The summed E-state index contributed by atoms with van der Waals surface area (Å²) in [4.78, 5) is 32.4. The lowest BCUT2D eigenvalue weighted by Crippen LogP contribution is -2.49. The molecule has 1 aliphatic heterocycles. The number of benzene rings is 1. The summed E-state index contributed by atoms with van der Waals surface area (Å²) in [6, 6.07) is 7.84. The molecule has 8 nitrogen and oxygen atoms in total. The smallest absolute Gasteiger partial charge is 0.254 e. The Kier molecular flexibility index (Phi) is 10.3. The molecular weight excluding hydrogens is 392 g/mol. The number of guanidine groups is 1. The molecule has 1 atom stereocenters. The van der Waals surface area contributed by atoms with Gasteiger partial charge in [0, 0.05) is 38.3 Å². The fourth-order valence-corrected chi connectivity index (χ4v) is 3.61. The second kappa shape index (κ2) is 12.9. The fourth-order valence-electron chi connectivity index (χ4n) is 3.61. The van der Waals surface area contributed by atoms with Gasteiger partial charge in [-0.1, -0.05) is 26.0 Å².